The maximum Gasteiger partial charge on any atom is 0.0723 e. The Bertz CT molecular complexity index is 556. The first-order chi connectivity index (χ1) is 10.7. The van der Waals surface area contributed by atoms with Crippen LogP contribution in [-0.2, 0) is 0 Å². The maximum absolute atomic E-state index is 2.54. The Balaban J connectivity index is 2.51. The monoisotopic (exact) mass is 376 g/mol. The summed E-state index contributed by atoms with van der Waals surface area (Å²) in [4.78, 5) is 2.81. The minimum Gasteiger partial charge on any atom is -0.115 e. The van der Waals surface area contributed by atoms with Gasteiger partial charge in [0.2, 0.25) is 0 Å². The topological polar surface area (TPSA) is 0 Å². The lowest BCUT2D eigenvalue weighted by Gasteiger charge is -2.50. The second-order valence-corrected chi connectivity index (χ2v) is 23.2. The Hall–Kier alpha value is -0.426. The summed E-state index contributed by atoms with van der Waals surface area (Å²) in [7, 11) is -2.90. The van der Waals surface area contributed by atoms with E-state index in [1.165, 1.54) is 9.79 Å². The third-order valence-corrected chi connectivity index (χ3v) is 23.1. The van der Waals surface area contributed by atoms with Crippen LogP contribution in [0, 0.1) is 0 Å². The van der Waals surface area contributed by atoms with Crippen LogP contribution < -0.4 is 0 Å². The molecule has 0 radical (unpaired) electrons. The predicted molar refractivity (Wildman–Crippen MR) is 114 cm³/mol. The molecule has 0 spiro atoms. The van der Waals surface area contributed by atoms with Crippen LogP contribution in [0.5, 0.6) is 0 Å². The highest BCUT2D eigenvalue weighted by atomic mass is 32.2. The molecule has 0 aliphatic carbocycles. The lowest BCUT2D eigenvalue weighted by Crippen LogP contribution is -2.61. The highest BCUT2D eigenvalue weighted by Crippen LogP contribution is 2.56. The summed E-state index contributed by atoms with van der Waals surface area (Å²) in [5.41, 5.74) is 0. The van der Waals surface area contributed by atoms with Gasteiger partial charge in [-0.3, -0.25) is 0 Å². The molecule has 2 aromatic carbocycles. The van der Waals surface area contributed by atoms with Gasteiger partial charge in [-0.25, -0.2) is 0 Å². The number of benzene rings is 2. The van der Waals surface area contributed by atoms with Gasteiger partial charge in [0.1, 0.15) is 0 Å². The summed E-state index contributed by atoms with van der Waals surface area (Å²) >= 11 is 4.26. The fourth-order valence-electron chi connectivity index (χ4n) is 3.07. The molecule has 0 fully saturated rings. The minimum atomic E-state index is -1.45. The molecule has 4 heteroatoms. The first kappa shape index (κ1) is 18.9. The second kappa shape index (κ2) is 7.22. The van der Waals surface area contributed by atoms with Gasteiger partial charge in [0.05, 0.1) is 19.5 Å². The lowest BCUT2D eigenvalue weighted by molar-refractivity contribution is 1.34. The van der Waals surface area contributed by atoms with E-state index in [0.717, 1.165) is 0 Å². The third kappa shape index (κ3) is 4.35. The molecule has 0 unspecified atom stereocenters. The fourth-order valence-corrected chi connectivity index (χ4v) is 20.4. The van der Waals surface area contributed by atoms with Crippen LogP contribution in [0.2, 0.25) is 39.3 Å². The van der Waals surface area contributed by atoms with Crippen LogP contribution in [-0.4, -0.2) is 19.5 Å². The van der Waals surface area contributed by atoms with Crippen molar-refractivity contribution in [1.29, 1.82) is 0 Å². The number of rotatable bonds is 6. The van der Waals surface area contributed by atoms with E-state index < -0.39 is 16.1 Å². The molecule has 124 valence electrons. The average molecular weight is 377 g/mol. The van der Waals surface area contributed by atoms with Crippen molar-refractivity contribution in [3.05, 3.63) is 60.7 Å². The van der Waals surface area contributed by atoms with Gasteiger partial charge < -0.3 is 0 Å². The maximum atomic E-state index is 2.54. The van der Waals surface area contributed by atoms with Gasteiger partial charge in [-0.05, 0) is 24.3 Å². The van der Waals surface area contributed by atoms with Gasteiger partial charge in [-0.1, -0.05) is 75.7 Å². The molecule has 0 aliphatic heterocycles. The third-order valence-electron chi connectivity index (χ3n) is 3.98. The molecule has 0 N–H and O–H groups in total. The van der Waals surface area contributed by atoms with E-state index in [0.29, 0.717) is 3.33 Å². The molecule has 23 heavy (non-hydrogen) atoms. The van der Waals surface area contributed by atoms with E-state index in [1.807, 2.05) is 0 Å². The molecule has 0 bridgehead atoms. The van der Waals surface area contributed by atoms with E-state index in [1.54, 1.807) is 0 Å². The molecule has 0 nitrogen and oxygen atoms in total. The van der Waals surface area contributed by atoms with Crippen molar-refractivity contribution in [2.75, 3.05) is 0 Å². The summed E-state index contributed by atoms with van der Waals surface area (Å²) in [6.45, 7) is 15.2. The summed E-state index contributed by atoms with van der Waals surface area (Å²) in [5.74, 6) is 0. The molecule has 0 saturated heterocycles. The van der Waals surface area contributed by atoms with Crippen LogP contribution in [0.25, 0.3) is 0 Å². The van der Waals surface area contributed by atoms with Crippen LogP contribution in [0.1, 0.15) is 0 Å². The molecule has 0 heterocycles. The van der Waals surface area contributed by atoms with Crippen molar-refractivity contribution in [3.8, 4) is 0 Å². The molecule has 0 amide bonds. The molecule has 0 saturated carbocycles. The lowest BCUT2D eigenvalue weighted by atomic mass is 10.4. The van der Waals surface area contributed by atoms with E-state index in [4.69, 9.17) is 0 Å². The largest absolute Gasteiger partial charge is 0.115 e. The highest BCUT2D eigenvalue weighted by molar-refractivity contribution is 8.23. The number of thioether (sulfide) groups is 2. The summed E-state index contributed by atoms with van der Waals surface area (Å²) in [6, 6.07) is 21.9. The molecule has 2 aromatic rings. The molecular formula is C19H28S2Si2. The van der Waals surface area contributed by atoms with Crippen molar-refractivity contribution >= 4 is 39.7 Å². The molecule has 2 rings (SSSR count). The van der Waals surface area contributed by atoms with E-state index in [9.17, 15) is 0 Å². The normalized spacial score (nSPS) is 13.1. The van der Waals surface area contributed by atoms with E-state index >= 15 is 0 Å². The standard InChI is InChI=1S/C19H28S2Si2/c1-22(2,3)19(23(4,5)6,20-17-13-9-7-10-14-17)21-18-15-11-8-12-16-18/h7-16H,1-6H3. The number of hydrogen-bond donors (Lipinski definition) is 0. The summed E-state index contributed by atoms with van der Waals surface area (Å²) in [5, 5.41) is 0. The van der Waals surface area contributed by atoms with Crippen molar-refractivity contribution in [2.24, 2.45) is 0 Å². The zero-order valence-corrected chi connectivity index (χ0v) is 18.7. The minimum absolute atomic E-state index is 0.294. The van der Waals surface area contributed by atoms with Crippen LogP contribution >= 0.6 is 23.5 Å². The van der Waals surface area contributed by atoms with Gasteiger partial charge >= 0.3 is 0 Å². The highest BCUT2D eigenvalue weighted by Gasteiger charge is 2.54. The molecule has 0 aromatic heterocycles. The van der Waals surface area contributed by atoms with Crippen LogP contribution in [0.4, 0.5) is 0 Å². The Kier molecular flexibility index (Phi) is 5.93. The predicted octanol–water partition coefficient (Wildman–Crippen LogP) is 7.02. The average Bonchev–Trinajstić information content (AvgIpc) is 2.46. The van der Waals surface area contributed by atoms with Crippen LogP contribution in [0.3, 0.4) is 0 Å². The zero-order chi connectivity index (χ0) is 17.1. The van der Waals surface area contributed by atoms with Gasteiger partial charge in [0.25, 0.3) is 0 Å². The van der Waals surface area contributed by atoms with Crippen molar-refractivity contribution in [2.45, 2.75) is 52.4 Å². The Morgan fingerprint density at radius 2 is 0.870 bits per heavy atom. The first-order valence-corrected chi connectivity index (χ1v) is 16.8. The fraction of sp³-hybridized carbons (Fsp3) is 0.368. The van der Waals surface area contributed by atoms with Crippen LogP contribution in [0.15, 0.2) is 70.5 Å². The van der Waals surface area contributed by atoms with E-state index in [-0.39, 0.29) is 0 Å². The van der Waals surface area contributed by atoms with Crippen molar-refractivity contribution in [3.63, 3.8) is 0 Å². The smallest absolute Gasteiger partial charge is 0.0723 e. The quantitative estimate of drug-likeness (QED) is 0.302. The van der Waals surface area contributed by atoms with Gasteiger partial charge in [-0.15, -0.1) is 23.5 Å². The van der Waals surface area contributed by atoms with Gasteiger partial charge in [0.15, 0.2) is 0 Å². The van der Waals surface area contributed by atoms with E-state index in [2.05, 4.69) is 123 Å². The van der Waals surface area contributed by atoms with Crippen molar-refractivity contribution < 1.29 is 0 Å². The first-order valence-electron chi connectivity index (χ1n) is 8.14. The Morgan fingerprint density at radius 3 is 1.13 bits per heavy atom. The molecule has 0 aliphatic rings. The Morgan fingerprint density at radius 1 is 0.565 bits per heavy atom. The van der Waals surface area contributed by atoms with Gasteiger partial charge in [-0.2, -0.15) is 0 Å². The second-order valence-electron chi connectivity index (χ2n) is 7.95. The summed E-state index contributed by atoms with van der Waals surface area (Å²) in [6.07, 6.45) is 0. The molecule has 0 atom stereocenters. The zero-order valence-electron chi connectivity index (χ0n) is 15.1. The molecular weight excluding hydrogens is 349 g/mol. The Labute approximate surface area is 152 Å². The SMILES string of the molecule is C[Si](C)(C)C(Sc1ccccc1)(Sc1ccccc1)[Si](C)(C)C. The van der Waals surface area contributed by atoms with Crippen molar-refractivity contribution in [1.82, 2.24) is 0 Å². The van der Waals surface area contributed by atoms with Gasteiger partial charge in [0, 0.05) is 9.79 Å². The number of hydrogen-bond acceptors (Lipinski definition) is 2. The summed E-state index contributed by atoms with van der Waals surface area (Å²) < 4.78 is 0.294.